The Morgan fingerprint density at radius 3 is 2.20 bits per heavy atom. The van der Waals surface area contributed by atoms with Gasteiger partial charge >= 0.3 is 5.97 Å². The van der Waals surface area contributed by atoms with Gasteiger partial charge in [-0.2, -0.15) is 0 Å². The van der Waals surface area contributed by atoms with E-state index in [9.17, 15) is 19.2 Å². The fourth-order valence-corrected chi connectivity index (χ4v) is 4.81. The van der Waals surface area contributed by atoms with Crippen molar-refractivity contribution in [3.05, 3.63) is 90.0 Å². The standard InChI is InChI=1S/C31H31N3O6/c35-28(24-8-6-23(7-9-24)22-4-2-1-3-5-22)21-40-31(38)25-10-12-26(13-11-25)34-29(36)20-27(30(34)37)32-14-15-33-16-18-39-19-17-33/h1-13,27,32H,14-21H2. The van der Waals surface area contributed by atoms with Crippen LogP contribution < -0.4 is 10.2 Å². The highest BCUT2D eigenvalue weighted by atomic mass is 16.5. The van der Waals surface area contributed by atoms with Gasteiger partial charge in [-0.25, -0.2) is 9.69 Å². The molecule has 9 nitrogen and oxygen atoms in total. The van der Waals surface area contributed by atoms with E-state index in [2.05, 4.69) is 10.2 Å². The third kappa shape index (κ3) is 6.51. The largest absolute Gasteiger partial charge is 0.454 e. The minimum atomic E-state index is -0.664. The van der Waals surface area contributed by atoms with Gasteiger partial charge in [0, 0.05) is 31.7 Å². The number of rotatable bonds is 10. The SMILES string of the molecule is O=C(COC(=O)c1ccc(N2C(=O)CC(NCCN3CCOCC3)C2=O)cc1)c1ccc(-c2ccccc2)cc1. The summed E-state index contributed by atoms with van der Waals surface area (Å²) in [6.07, 6.45) is 0.0835. The van der Waals surface area contributed by atoms with Gasteiger partial charge in [-0.15, -0.1) is 0 Å². The van der Waals surface area contributed by atoms with E-state index in [-0.39, 0.29) is 29.6 Å². The predicted molar refractivity (Wildman–Crippen MR) is 149 cm³/mol. The molecule has 3 aromatic carbocycles. The molecule has 2 aliphatic heterocycles. The molecule has 3 aromatic rings. The predicted octanol–water partition coefficient (Wildman–Crippen LogP) is 2.95. The second-order valence-electron chi connectivity index (χ2n) is 9.72. The second kappa shape index (κ2) is 12.8. The first-order chi connectivity index (χ1) is 19.5. The van der Waals surface area contributed by atoms with Crippen molar-refractivity contribution in [1.82, 2.24) is 10.2 Å². The molecule has 2 amide bonds. The fraction of sp³-hybridized carbons (Fsp3) is 0.290. The van der Waals surface area contributed by atoms with Crippen LogP contribution in [-0.2, 0) is 19.1 Å². The summed E-state index contributed by atoms with van der Waals surface area (Å²) in [5.41, 5.74) is 3.08. The summed E-state index contributed by atoms with van der Waals surface area (Å²) in [5, 5.41) is 3.19. The first-order valence-corrected chi connectivity index (χ1v) is 13.4. The lowest BCUT2D eigenvalue weighted by Crippen LogP contribution is -2.44. The Morgan fingerprint density at radius 2 is 1.50 bits per heavy atom. The Balaban J connectivity index is 1.11. The summed E-state index contributed by atoms with van der Waals surface area (Å²) >= 11 is 0. The number of hydrogen-bond acceptors (Lipinski definition) is 8. The van der Waals surface area contributed by atoms with Crippen LogP contribution in [0.15, 0.2) is 78.9 Å². The van der Waals surface area contributed by atoms with Crippen LogP contribution in [0.25, 0.3) is 11.1 Å². The van der Waals surface area contributed by atoms with Gasteiger partial charge in [0.2, 0.25) is 5.91 Å². The molecule has 2 saturated heterocycles. The molecule has 1 N–H and O–H groups in total. The van der Waals surface area contributed by atoms with Gasteiger partial charge in [0.15, 0.2) is 12.4 Å². The minimum Gasteiger partial charge on any atom is -0.454 e. The number of morpholine rings is 1. The Morgan fingerprint density at radius 1 is 0.850 bits per heavy atom. The van der Waals surface area contributed by atoms with Crippen molar-refractivity contribution in [2.45, 2.75) is 12.5 Å². The number of Topliss-reactive ketones (excluding diaryl/α,β-unsaturated/α-hetero) is 1. The van der Waals surface area contributed by atoms with Crippen molar-refractivity contribution in [1.29, 1.82) is 0 Å². The van der Waals surface area contributed by atoms with Crippen LogP contribution in [0.2, 0.25) is 0 Å². The monoisotopic (exact) mass is 541 g/mol. The van der Waals surface area contributed by atoms with E-state index in [1.165, 1.54) is 24.3 Å². The number of nitrogens with zero attached hydrogens (tertiary/aromatic N) is 2. The molecular weight excluding hydrogens is 510 g/mol. The first-order valence-electron chi connectivity index (χ1n) is 13.4. The van der Waals surface area contributed by atoms with E-state index in [0.29, 0.717) is 31.0 Å². The molecule has 0 spiro atoms. The van der Waals surface area contributed by atoms with E-state index < -0.39 is 18.6 Å². The third-order valence-corrected chi connectivity index (χ3v) is 7.08. The van der Waals surface area contributed by atoms with E-state index in [0.717, 1.165) is 35.7 Å². The van der Waals surface area contributed by atoms with Crippen LogP contribution >= 0.6 is 0 Å². The number of carbonyl (C=O) groups is 4. The zero-order valence-electron chi connectivity index (χ0n) is 22.1. The molecule has 2 fully saturated rings. The Kier molecular flexibility index (Phi) is 8.75. The molecule has 2 heterocycles. The lowest BCUT2D eigenvalue weighted by Gasteiger charge is -2.27. The van der Waals surface area contributed by atoms with Crippen molar-refractivity contribution in [2.75, 3.05) is 50.9 Å². The van der Waals surface area contributed by atoms with Crippen molar-refractivity contribution in [2.24, 2.45) is 0 Å². The number of ether oxygens (including phenoxy) is 2. The van der Waals surface area contributed by atoms with Crippen LogP contribution in [0.4, 0.5) is 5.69 Å². The van der Waals surface area contributed by atoms with E-state index >= 15 is 0 Å². The van der Waals surface area contributed by atoms with Crippen molar-refractivity contribution in [3.63, 3.8) is 0 Å². The van der Waals surface area contributed by atoms with Crippen molar-refractivity contribution in [3.8, 4) is 11.1 Å². The minimum absolute atomic E-state index is 0.0835. The molecule has 2 aliphatic rings. The summed E-state index contributed by atoms with van der Waals surface area (Å²) in [4.78, 5) is 54.0. The van der Waals surface area contributed by atoms with Crippen LogP contribution in [0, 0.1) is 0 Å². The number of benzene rings is 3. The maximum absolute atomic E-state index is 12.9. The van der Waals surface area contributed by atoms with Crippen LogP contribution in [-0.4, -0.2) is 80.5 Å². The number of amides is 2. The summed E-state index contributed by atoms with van der Waals surface area (Å²) in [6.45, 7) is 4.10. The molecule has 0 aromatic heterocycles. The molecule has 0 aliphatic carbocycles. The number of nitrogens with one attached hydrogen (secondary N) is 1. The topological polar surface area (TPSA) is 105 Å². The number of ketones is 1. The number of hydrogen-bond donors (Lipinski definition) is 1. The van der Waals surface area contributed by atoms with Gasteiger partial charge in [-0.3, -0.25) is 19.3 Å². The lowest BCUT2D eigenvalue weighted by molar-refractivity contribution is -0.121. The number of carbonyl (C=O) groups excluding carboxylic acids is 4. The van der Waals surface area contributed by atoms with E-state index in [1.54, 1.807) is 12.1 Å². The molecule has 1 unspecified atom stereocenters. The van der Waals surface area contributed by atoms with Gasteiger partial charge in [0.05, 0.1) is 36.9 Å². The summed E-state index contributed by atoms with van der Waals surface area (Å²) in [6, 6.07) is 22.4. The van der Waals surface area contributed by atoms with E-state index in [1.807, 2.05) is 42.5 Å². The molecule has 0 radical (unpaired) electrons. The zero-order chi connectivity index (χ0) is 27.9. The molecule has 40 heavy (non-hydrogen) atoms. The quantitative estimate of drug-likeness (QED) is 0.237. The maximum Gasteiger partial charge on any atom is 0.338 e. The average Bonchev–Trinajstić information content (AvgIpc) is 3.29. The number of anilines is 1. The molecule has 5 rings (SSSR count). The molecular formula is C31H31N3O6. The lowest BCUT2D eigenvalue weighted by atomic mass is 10.0. The molecule has 1 atom stereocenters. The summed E-state index contributed by atoms with van der Waals surface area (Å²) < 4.78 is 10.6. The third-order valence-electron chi connectivity index (χ3n) is 7.08. The maximum atomic E-state index is 12.9. The van der Waals surface area contributed by atoms with Crippen LogP contribution in [0.1, 0.15) is 27.1 Å². The Bertz CT molecular complexity index is 1350. The second-order valence-corrected chi connectivity index (χ2v) is 9.72. The Labute approximate surface area is 232 Å². The average molecular weight is 542 g/mol. The highest BCUT2D eigenvalue weighted by molar-refractivity contribution is 6.22. The Hall–Kier alpha value is -4.18. The van der Waals surface area contributed by atoms with Crippen LogP contribution in [0.5, 0.6) is 0 Å². The smallest absolute Gasteiger partial charge is 0.338 e. The molecule has 0 saturated carbocycles. The molecule has 0 bridgehead atoms. The number of esters is 1. The van der Waals surface area contributed by atoms with Gasteiger partial charge < -0.3 is 14.8 Å². The zero-order valence-corrected chi connectivity index (χ0v) is 22.1. The highest BCUT2D eigenvalue weighted by Crippen LogP contribution is 2.24. The van der Waals surface area contributed by atoms with Gasteiger partial charge in [0.1, 0.15) is 0 Å². The van der Waals surface area contributed by atoms with E-state index in [4.69, 9.17) is 9.47 Å². The number of imide groups is 1. The van der Waals surface area contributed by atoms with Crippen LogP contribution in [0.3, 0.4) is 0 Å². The van der Waals surface area contributed by atoms with Gasteiger partial charge in [-0.1, -0.05) is 54.6 Å². The fourth-order valence-electron chi connectivity index (χ4n) is 4.81. The van der Waals surface area contributed by atoms with Crippen molar-refractivity contribution >= 4 is 29.3 Å². The van der Waals surface area contributed by atoms with Gasteiger partial charge in [-0.05, 0) is 35.4 Å². The first kappa shape index (κ1) is 27.4. The molecule has 9 heteroatoms. The normalized spacial score (nSPS) is 17.7. The summed E-state index contributed by atoms with van der Waals surface area (Å²) in [5.74, 6) is -1.59. The van der Waals surface area contributed by atoms with Crippen molar-refractivity contribution < 1.29 is 28.7 Å². The highest BCUT2D eigenvalue weighted by Gasteiger charge is 2.39. The van der Waals surface area contributed by atoms with Gasteiger partial charge in [0.25, 0.3) is 5.91 Å². The summed E-state index contributed by atoms with van der Waals surface area (Å²) in [7, 11) is 0. The molecule has 206 valence electrons.